The van der Waals surface area contributed by atoms with E-state index in [4.69, 9.17) is 5.11 Å². The van der Waals surface area contributed by atoms with Crippen LogP contribution in [0.25, 0.3) is 0 Å². The van der Waals surface area contributed by atoms with Gasteiger partial charge in [0.2, 0.25) is 0 Å². The maximum atomic E-state index is 12.1. The second-order valence-electron chi connectivity index (χ2n) is 7.42. The van der Waals surface area contributed by atoms with Crippen LogP contribution >= 0.6 is 0 Å². The van der Waals surface area contributed by atoms with Crippen LogP contribution in [0.15, 0.2) is 0 Å². The molecule has 0 radical (unpaired) electrons. The Bertz CT molecular complexity index is 367. The maximum absolute atomic E-state index is 12.1. The molecule has 1 unspecified atom stereocenters. The fourth-order valence-electron chi connectivity index (χ4n) is 3.91. The van der Waals surface area contributed by atoms with Gasteiger partial charge in [0.05, 0.1) is 0 Å². The van der Waals surface area contributed by atoms with Crippen LogP contribution in [0.3, 0.4) is 0 Å². The van der Waals surface area contributed by atoms with Gasteiger partial charge in [-0.3, -0.25) is 4.79 Å². The molecule has 0 amide bonds. The van der Waals surface area contributed by atoms with Crippen LogP contribution in [-0.4, -0.2) is 28.1 Å². The van der Waals surface area contributed by atoms with Crippen LogP contribution in [0.2, 0.25) is 0 Å². The molecule has 24 heavy (non-hydrogen) atoms. The van der Waals surface area contributed by atoms with Gasteiger partial charge in [-0.1, -0.05) is 64.7 Å². The zero-order valence-electron chi connectivity index (χ0n) is 15.3. The first-order chi connectivity index (χ1) is 11.6. The van der Waals surface area contributed by atoms with E-state index in [-0.39, 0.29) is 5.92 Å². The minimum Gasteiger partial charge on any atom is -0.479 e. The van der Waals surface area contributed by atoms with Gasteiger partial charge < -0.3 is 10.2 Å². The number of aliphatic hydroxyl groups is 1. The maximum Gasteiger partial charge on any atom is 0.332 e. The monoisotopic (exact) mass is 340 g/mol. The van der Waals surface area contributed by atoms with Crippen molar-refractivity contribution in [3.63, 3.8) is 0 Å². The van der Waals surface area contributed by atoms with Crippen LogP contribution in [0, 0.1) is 11.8 Å². The van der Waals surface area contributed by atoms with Crippen LogP contribution in [0.1, 0.15) is 96.8 Å². The zero-order chi connectivity index (χ0) is 17.8. The van der Waals surface area contributed by atoms with Gasteiger partial charge in [-0.25, -0.2) is 4.79 Å². The van der Waals surface area contributed by atoms with Crippen molar-refractivity contribution in [3.8, 4) is 0 Å². The lowest BCUT2D eigenvalue weighted by Gasteiger charge is -2.18. The van der Waals surface area contributed by atoms with E-state index in [1.165, 1.54) is 44.9 Å². The average Bonchev–Trinajstić information content (AvgIpc) is 2.90. The predicted octanol–water partition coefficient (Wildman–Crippen LogP) is 4.73. The molecule has 0 spiro atoms. The van der Waals surface area contributed by atoms with Crippen molar-refractivity contribution in [1.29, 1.82) is 0 Å². The number of unbranched alkanes of at least 4 members (excludes halogenated alkanes) is 7. The lowest BCUT2D eigenvalue weighted by Crippen LogP contribution is -2.19. The van der Waals surface area contributed by atoms with Gasteiger partial charge in [0.1, 0.15) is 5.78 Å². The Morgan fingerprint density at radius 1 is 1.04 bits per heavy atom. The summed E-state index contributed by atoms with van der Waals surface area (Å²) in [5.74, 6) is 0.120. The average molecular weight is 341 g/mol. The molecule has 1 aliphatic carbocycles. The normalized spacial score (nSPS) is 22.0. The van der Waals surface area contributed by atoms with Crippen molar-refractivity contribution in [2.45, 2.75) is 103 Å². The molecule has 2 N–H and O–H groups in total. The van der Waals surface area contributed by atoms with Crippen LogP contribution in [0.4, 0.5) is 0 Å². The molecule has 0 aromatic rings. The summed E-state index contributed by atoms with van der Waals surface area (Å²) >= 11 is 0. The highest BCUT2D eigenvalue weighted by Gasteiger charge is 2.33. The molecule has 0 bridgehead atoms. The highest BCUT2D eigenvalue weighted by molar-refractivity contribution is 5.83. The summed E-state index contributed by atoms with van der Waals surface area (Å²) in [6.07, 6.45) is 13.5. The second kappa shape index (κ2) is 12.5. The molecule has 0 heterocycles. The Balaban J connectivity index is 2.14. The molecule has 4 nitrogen and oxygen atoms in total. The molecule has 1 aliphatic rings. The number of ketones is 1. The summed E-state index contributed by atoms with van der Waals surface area (Å²) in [5.41, 5.74) is 0. The number of carbonyl (C=O) groups is 2. The standard InChI is InChI=1S/C20H36O4/c1-2-3-4-5-6-8-11-16-14-15-18(21)17(16)12-9-7-10-13-19(22)20(23)24/h16-17,19,22H,2-15H2,1H3,(H,23,24)/t16-,17+,19?/m0/s1. The van der Waals surface area contributed by atoms with Gasteiger partial charge in [0, 0.05) is 12.3 Å². The third kappa shape index (κ3) is 8.27. The van der Waals surface area contributed by atoms with Crippen LogP contribution < -0.4 is 0 Å². The quantitative estimate of drug-likeness (QED) is 0.448. The predicted molar refractivity (Wildman–Crippen MR) is 95.9 cm³/mol. The van der Waals surface area contributed by atoms with Crippen molar-refractivity contribution in [2.75, 3.05) is 0 Å². The van der Waals surface area contributed by atoms with Gasteiger partial charge in [0.25, 0.3) is 0 Å². The molecule has 0 aromatic heterocycles. The molecule has 0 saturated heterocycles. The fraction of sp³-hybridized carbons (Fsp3) is 0.900. The minimum atomic E-state index is -1.24. The van der Waals surface area contributed by atoms with E-state index in [0.29, 0.717) is 18.1 Å². The highest BCUT2D eigenvalue weighted by atomic mass is 16.4. The summed E-state index contributed by atoms with van der Waals surface area (Å²) in [6, 6.07) is 0. The van der Waals surface area contributed by atoms with Gasteiger partial charge in [-0.15, -0.1) is 0 Å². The summed E-state index contributed by atoms with van der Waals surface area (Å²) in [7, 11) is 0. The van der Waals surface area contributed by atoms with Crippen molar-refractivity contribution >= 4 is 11.8 Å². The SMILES string of the molecule is CCCCCCCC[C@H]1CCC(=O)[C@@H]1CCCCCC(O)C(=O)O. The summed E-state index contributed by atoms with van der Waals surface area (Å²) < 4.78 is 0. The molecule has 4 heteroatoms. The molecule has 1 saturated carbocycles. The van der Waals surface area contributed by atoms with Crippen molar-refractivity contribution in [3.05, 3.63) is 0 Å². The Labute approximate surface area is 147 Å². The molecule has 0 aliphatic heterocycles. The minimum absolute atomic E-state index is 0.241. The van der Waals surface area contributed by atoms with Gasteiger partial charge >= 0.3 is 5.97 Å². The smallest absolute Gasteiger partial charge is 0.332 e. The van der Waals surface area contributed by atoms with E-state index in [1.54, 1.807) is 0 Å². The number of aliphatic hydroxyl groups excluding tert-OH is 1. The number of Topliss-reactive ketones (excluding diaryl/α,β-unsaturated/α-hetero) is 1. The fourth-order valence-corrected chi connectivity index (χ4v) is 3.91. The van der Waals surface area contributed by atoms with Crippen molar-refractivity contribution in [1.82, 2.24) is 0 Å². The molecule has 3 atom stereocenters. The van der Waals surface area contributed by atoms with Crippen molar-refractivity contribution < 1.29 is 19.8 Å². The Kier molecular flexibility index (Phi) is 11.0. The Hall–Kier alpha value is -0.900. The Morgan fingerprint density at radius 3 is 2.38 bits per heavy atom. The number of carboxylic acid groups (broad SMARTS) is 1. The molecule has 140 valence electrons. The van der Waals surface area contributed by atoms with E-state index < -0.39 is 12.1 Å². The molecular formula is C20H36O4. The zero-order valence-corrected chi connectivity index (χ0v) is 15.3. The first kappa shape index (κ1) is 21.1. The van der Waals surface area contributed by atoms with Crippen molar-refractivity contribution in [2.24, 2.45) is 11.8 Å². The molecule has 1 rings (SSSR count). The van der Waals surface area contributed by atoms with E-state index in [9.17, 15) is 14.7 Å². The van der Waals surface area contributed by atoms with Crippen LogP contribution in [0.5, 0.6) is 0 Å². The summed E-state index contributed by atoms with van der Waals surface area (Å²) in [4.78, 5) is 22.6. The lowest BCUT2D eigenvalue weighted by molar-refractivity contribution is -0.146. The number of rotatable bonds is 14. The number of carbonyl (C=O) groups excluding carboxylic acids is 1. The van der Waals surface area contributed by atoms with E-state index in [1.807, 2.05) is 0 Å². The molecule has 1 fully saturated rings. The largest absolute Gasteiger partial charge is 0.479 e. The highest BCUT2D eigenvalue weighted by Crippen LogP contribution is 2.36. The lowest BCUT2D eigenvalue weighted by atomic mass is 9.86. The van der Waals surface area contributed by atoms with Crippen LogP contribution in [-0.2, 0) is 9.59 Å². The topological polar surface area (TPSA) is 74.6 Å². The molecular weight excluding hydrogens is 304 g/mol. The van der Waals surface area contributed by atoms with E-state index in [0.717, 1.165) is 38.5 Å². The third-order valence-corrected chi connectivity index (χ3v) is 5.45. The van der Waals surface area contributed by atoms with E-state index >= 15 is 0 Å². The summed E-state index contributed by atoms with van der Waals surface area (Å²) in [6.45, 7) is 2.23. The molecule has 0 aromatic carbocycles. The number of carboxylic acids is 1. The summed E-state index contributed by atoms with van der Waals surface area (Å²) in [5, 5.41) is 17.9. The van der Waals surface area contributed by atoms with E-state index in [2.05, 4.69) is 6.92 Å². The number of aliphatic carboxylic acids is 1. The first-order valence-corrected chi connectivity index (χ1v) is 9.99. The first-order valence-electron chi connectivity index (χ1n) is 9.99. The third-order valence-electron chi connectivity index (χ3n) is 5.45. The van der Waals surface area contributed by atoms with Gasteiger partial charge in [-0.05, 0) is 31.6 Å². The number of hydrogen-bond acceptors (Lipinski definition) is 3. The van der Waals surface area contributed by atoms with Gasteiger partial charge in [-0.2, -0.15) is 0 Å². The number of hydrogen-bond donors (Lipinski definition) is 2. The Morgan fingerprint density at radius 2 is 1.67 bits per heavy atom. The van der Waals surface area contributed by atoms with Gasteiger partial charge in [0.15, 0.2) is 6.10 Å². The second-order valence-corrected chi connectivity index (χ2v) is 7.42.